The second-order valence-corrected chi connectivity index (χ2v) is 9.49. The molecule has 0 spiro atoms. The smallest absolute Gasteiger partial charge is 0.340 e. The first-order chi connectivity index (χ1) is 10.2. The third-order valence-corrected chi connectivity index (χ3v) is 7.57. The van der Waals surface area contributed by atoms with Gasteiger partial charge in [-0.25, -0.2) is 0 Å². The van der Waals surface area contributed by atoms with Crippen molar-refractivity contribution in [3.05, 3.63) is 0 Å². The number of epoxide rings is 1. The highest BCUT2D eigenvalue weighted by molar-refractivity contribution is 6.67. The monoisotopic (exact) mass is 318 g/mol. The molecule has 1 heterocycles. The molecule has 1 rings (SSSR count). The number of hydrogen-bond acceptors (Lipinski definition) is 4. The molecule has 126 valence electrons. The van der Waals surface area contributed by atoms with Crippen molar-refractivity contribution < 1.29 is 18.3 Å². The van der Waals surface area contributed by atoms with Crippen LogP contribution in [-0.4, -0.2) is 47.2 Å². The number of rotatable bonds is 14. The van der Waals surface area contributed by atoms with E-state index in [4.69, 9.17) is 18.3 Å². The Morgan fingerprint density at radius 2 is 1.67 bits per heavy atom. The molecule has 1 saturated heterocycles. The van der Waals surface area contributed by atoms with Crippen molar-refractivity contribution in [1.29, 1.82) is 0 Å². The summed E-state index contributed by atoms with van der Waals surface area (Å²) in [5.41, 5.74) is 0. The predicted octanol–water partition coefficient (Wildman–Crippen LogP) is 3.89. The first kappa shape index (κ1) is 19.1. The van der Waals surface area contributed by atoms with Crippen molar-refractivity contribution >= 4 is 8.56 Å². The first-order valence-electron chi connectivity index (χ1n) is 8.66. The Hall–Kier alpha value is 0.0569. The second-order valence-electron chi connectivity index (χ2n) is 5.97. The molecule has 21 heavy (non-hydrogen) atoms. The molecule has 4 nitrogen and oxygen atoms in total. The quantitative estimate of drug-likeness (QED) is 0.277. The predicted molar refractivity (Wildman–Crippen MR) is 87.9 cm³/mol. The van der Waals surface area contributed by atoms with Gasteiger partial charge < -0.3 is 18.3 Å². The highest BCUT2D eigenvalue weighted by Gasteiger charge is 2.38. The number of ether oxygens (including phenoxy) is 2. The maximum atomic E-state index is 6.26. The topological polar surface area (TPSA) is 40.2 Å². The largest absolute Gasteiger partial charge is 0.394 e. The van der Waals surface area contributed by atoms with Crippen molar-refractivity contribution in [1.82, 2.24) is 0 Å². The number of hydrogen-bond donors (Lipinski definition) is 0. The summed E-state index contributed by atoms with van der Waals surface area (Å²) in [6.07, 6.45) is 5.05. The van der Waals surface area contributed by atoms with Gasteiger partial charge in [0.2, 0.25) is 0 Å². The maximum Gasteiger partial charge on any atom is 0.340 e. The van der Waals surface area contributed by atoms with Crippen LogP contribution in [0.4, 0.5) is 0 Å². The van der Waals surface area contributed by atoms with Gasteiger partial charge in [-0.2, -0.15) is 0 Å². The molecule has 0 aromatic carbocycles. The second kappa shape index (κ2) is 10.7. The Morgan fingerprint density at radius 3 is 2.10 bits per heavy atom. The van der Waals surface area contributed by atoms with E-state index in [0.717, 1.165) is 57.6 Å². The Labute approximate surface area is 131 Å². The van der Waals surface area contributed by atoms with E-state index in [0.29, 0.717) is 12.7 Å². The summed E-state index contributed by atoms with van der Waals surface area (Å²) in [6, 6.07) is 1.91. The van der Waals surface area contributed by atoms with Crippen molar-refractivity contribution in [2.75, 3.05) is 26.4 Å². The summed E-state index contributed by atoms with van der Waals surface area (Å²) in [4.78, 5) is 0. The molecule has 0 amide bonds. The molecule has 1 aliphatic heterocycles. The van der Waals surface area contributed by atoms with Gasteiger partial charge in [0.1, 0.15) is 6.10 Å². The molecular weight excluding hydrogens is 284 g/mol. The van der Waals surface area contributed by atoms with Gasteiger partial charge in [0.05, 0.1) is 19.3 Å². The zero-order chi connectivity index (χ0) is 15.6. The molecule has 1 aliphatic rings. The van der Waals surface area contributed by atoms with Gasteiger partial charge in [0.25, 0.3) is 0 Å². The Bertz CT molecular complexity index is 249. The molecule has 0 N–H and O–H groups in total. The number of unbranched alkanes of at least 4 members (excludes halogenated alkanes) is 2. The van der Waals surface area contributed by atoms with E-state index >= 15 is 0 Å². The summed E-state index contributed by atoms with van der Waals surface area (Å²) in [5.74, 6) is 0. The van der Waals surface area contributed by atoms with E-state index in [2.05, 4.69) is 27.7 Å². The molecule has 5 heteroatoms. The molecule has 1 fully saturated rings. The summed E-state index contributed by atoms with van der Waals surface area (Å²) >= 11 is 0. The highest BCUT2D eigenvalue weighted by Crippen LogP contribution is 2.24. The van der Waals surface area contributed by atoms with Crippen LogP contribution in [0, 0.1) is 0 Å². The van der Waals surface area contributed by atoms with Gasteiger partial charge in [0, 0.05) is 19.3 Å². The van der Waals surface area contributed by atoms with Crippen molar-refractivity contribution in [3.63, 3.8) is 0 Å². The van der Waals surface area contributed by atoms with Crippen LogP contribution in [0.3, 0.4) is 0 Å². The summed E-state index contributed by atoms with van der Waals surface area (Å²) < 4.78 is 23.6. The van der Waals surface area contributed by atoms with Crippen molar-refractivity contribution in [2.45, 2.75) is 77.7 Å². The van der Waals surface area contributed by atoms with Gasteiger partial charge in [-0.1, -0.05) is 33.6 Å². The van der Waals surface area contributed by atoms with Crippen molar-refractivity contribution in [3.8, 4) is 0 Å². The minimum absolute atomic E-state index is 0.184. The van der Waals surface area contributed by atoms with Crippen LogP contribution in [0.5, 0.6) is 0 Å². The zero-order valence-electron chi connectivity index (χ0n) is 14.4. The molecule has 0 aromatic rings. The molecule has 0 saturated carbocycles. The third-order valence-electron chi connectivity index (χ3n) is 3.83. The summed E-state index contributed by atoms with van der Waals surface area (Å²) in [5, 5.41) is 0. The van der Waals surface area contributed by atoms with Crippen LogP contribution >= 0.6 is 0 Å². The lowest BCUT2D eigenvalue weighted by atomic mass is 10.4. The van der Waals surface area contributed by atoms with E-state index in [1.807, 2.05) is 0 Å². The standard InChI is InChI=1S/C16H34O4Si/c1-5-8-10-19-21(7-3,20-11-9-6-2)14-15(4)17-12-16-13-18-16/h15-16H,5-14H2,1-4H3. The average molecular weight is 319 g/mol. The lowest BCUT2D eigenvalue weighted by Crippen LogP contribution is -2.45. The molecule has 2 atom stereocenters. The van der Waals surface area contributed by atoms with Crippen LogP contribution in [0.2, 0.25) is 12.1 Å². The Balaban J connectivity index is 2.44. The minimum atomic E-state index is -2.12. The fourth-order valence-corrected chi connectivity index (χ4v) is 5.29. The van der Waals surface area contributed by atoms with E-state index in [1.165, 1.54) is 0 Å². The lowest BCUT2D eigenvalue weighted by Gasteiger charge is -2.32. The lowest BCUT2D eigenvalue weighted by molar-refractivity contribution is 0.0540. The zero-order valence-corrected chi connectivity index (χ0v) is 15.4. The highest BCUT2D eigenvalue weighted by atomic mass is 28.4. The van der Waals surface area contributed by atoms with Crippen LogP contribution in [0.1, 0.15) is 53.4 Å². The molecule has 0 aliphatic carbocycles. The van der Waals surface area contributed by atoms with Gasteiger partial charge in [-0.15, -0.1) is 0 Å². The van der Waals surface area contributed by atoms with E-state index < -0.39 is 8.56 Å². The van der Waals surface area contributed by atoms with Gasteiger partial charge in [0.15, 0.2) is 0 Å². The minimum Gasteiger partial charge on any atom is -0.394 e. The van der Waals surface area contributed by atoms with Gasteiger partial charge in [-0.3, -0.25) is 0 Å². The summed E-state index contributed by atoms with van der Waals surface area (Å²) in [6.45, 7) is 11.9. The first-order valence-corrected chi connectivity index (χ1v) is 10.9. The van der Waals surface area contributed by atoms with Crippen LogP contribution in [0.25, 0.3) is 0 Å². The van der Waals surface area contributed by atoms with Gasteiger partial charge >= 0.3 is 8.56 Å². The van der Waals surface area contributed by atoms with Gasteiger partial charge in [-0.05, 0) is 25.8 Å². The maximum absolute atomic E-state index is 6.26. The molecule has 0 radical (unpaired) electrons. The van der Waals surface area contributed by atoms with E-state index in [1.54, 1.807) is 0 Å². The summed E-state index contributed by atoms with van der Waals surface area (Å²) in [7, 11) is -2.12. The van der Waals surface area contributed by atoms with E-state index in [-0.39, 0.29) is 6.10 Å². The average Bonchev–Trinajstić information content (AvgIpc) is 3.29. The van der Waals surface area contributed by atoms with Crippen LogP contribution < -0.4 is 0 Å². The SMILES string of the molecule is CCCCO[Si](CC)(CC(C)OCC1CO1)OCCCC. The molecule has 0 aromatic heterocycles. The fourth-order valence-electron chi connectivity index (χ4n) is 2.25. The molecule has 0 bridgehead atoms. The fraction of sp³-hybridized carbons (Fsp3) is 1.00. The Kier molecular flexibility index (Phi) is 9.76. The normalized spacial score (nSPS) is 19.7. The Morgan fingerprint density at radius 1 is 1.10 bits per heavy atom. The molecular formula is C16H34O4Si. The van der Waals surface area contributed by atoms with Crippen LogP contribution in [0.15, 0.2) is 0 Å². The van der Waals surface area contributed by atoms with Crippen LogP contribution in [-0.2, 0) is 18.3 Å². The molecule has 2 unspecified atom stereocenters. The van der Waals surface area contributed by atoms with E-state index in [9.17, 15) is 0 Å². The van der Waals surface area contributed by atoms with Crippen molar-refractivity contribution in [2.24, 2.45) is 0 Å². The third kappa shape index (κ3) is 8.31.